The molecule has 2 atom stereocenters. The highest BCUT2D eigenvalue weighted by atomic mass is 35.5. The van der Waals surface area contributed by atoms with Crippen LogP contribution >= 0.6 is 12.4 Å². The van der Waals surface area contributed by atoms with Crippen LogP contribution in [0.5, 0.6) is 5.75 Å². The number of hydrogen-bond donors (Lipinski definition) is 2. The summed E-state index contributed by atoms with van der Waals surface area (Å²) in [6, 6.07) is 2.97. The molecule has 3 N–H and O–H groups in total. The lowest BCUT2D eigenvalue weighted by atomic mass is 9.95. The predicted molar refractivity (Wildman–Crippen MR) is 83.7 cm³/mol. The molecule has 0 saturated heterocycles. The van der Waals surface area contributed by atoms with Crippen LogP contribution in [-0.4, -0.2) is 25.2 Å². The lowest BCUT2D eigenvalue weighted by Crippen LogP contribution is -2.30. The molecule has 0 bridgehead atoms. The number of carbonyl (C=O) groups excluding carboxylic acids is 1. The molecule has 1 saturated carbocycles. The molecule has 0 aromatic heterocycles. The van der Waals surface area contributed by atoms with E-state index < -0.39 is 18.6 Å². The SMILES string of the molecule is Cl.NC[C@H]1CCC[C@H]1C(=O)Nc1cc(F)ccc1OCC(F)(F)F. The van der Waals surface area contributed by atoms with Crippen molar-refractivity contribution in [1.29, 1.82) is 0 Å². The Morgan fingerprint density at radius 2 is 2.04 bits per heavy atom. The summed E-state index contributed by atoms with van der Waals surface area (Å²) in [5, 5.41) is 2.47. The van der Waals surface area contributed by atoms with Crippen molar-refractivity contribution in [1.82, 2.24) is 0 Å². The summed E-state index contributed by atoms with van der Waals surface area (Å²) >= 11 is 0. The standard InChI is InChI=1S/C15H18F4N2O2.ClH/c16-10-4-5-13(23-8-15(17,18)19)12(6-10)21-14(22)11-3-1-2-9(11)7-20;/h4-6,9,11H,1-3,7-8,20H2,(H,21,22);1H/t9-,11-;/m1./s1. The van der Waals surface area contributed by atoms with Crippen molar-refractivity contribution >= 4 is 24.0 Å². The number of amides is 1. The van der Waals surface area contributed by atoms with Gasteiger partial charge in [0, 0.05) is 12.0 Å². The molecule has 1 amide bonds. The third-order valence-corrected chi connectivity index (χ3v) is 3.89. The summed E-state index contributed by atoms with van der Waals surface area (Å²) < 4.78 is 54.8. The van der Waals surface area contributed by atoms with Crippen molar-refractivity contribution in [3.8, 4) is 5.75 Å². The van der Waals surface area contributed by atoms with E-state index in [1.165, 1.54) is 0 Å². The zero-order valence-electron chi connectivity index (χ0n) is 12.7. The smallest absolute Gasteiger partial charge is 0.422 e. The number of benzene rings is 1. The van der Waals surface area contributed by atoms with Gasteiger partial charge >= 0.3 is 6.18 Å². The summed E-state index contributed by atoms with van der Waals surface area (Å²) in [6.45, 7) is -1.16. The van der Waals surface area contributed by atoms with Gasteiger partial charge in [-0.2, -0.15) is 13.2 Å². The van der Waals surface area contributed by atoms with Crippen molar-refractivity contribution in [2.75, 3.05) is 18.5 Å². The maximum Gasteiger partial charge on any atom is 0.422 e. The number of halogens is 5. The van der Waals surface area contributed by atoms with Gasteiger partial charge in [0.25, 0.3) is 0 Å². The van der Waals surface area contributed by atoms with Crippen molar-refractivity contribution in [3.63, 3.8) is 0 Å². The lowest BCUT2D eigenvalue weighted by Gasteiger charge is -2.19. The largest absolute Gasteiger partial charge is 0.482 e. The fraction of sp³-hybridized carbons (Fsp3) is 0.533. The van der Waals surface area contributed by atoms with Gasteiger partial charge in [-0.1, -0.05) is 6.42 Å². The minimum atomic E-state index is -4.52. The quantitative estimate of drug-likeness (QED) is 0.780. The third kappa shape index (κ3) is 5.52. The van der Waals surface area contributed by atoms with Crippen LogP contribution in [0.4, 0.5) is 23.2 Å². The summed E-state index contributed by atoms with van der Waals surface area (Å²) in [6.07, 6.45) is -2.18. The molecule has 4 nitrogen and oxygen atoms in total. The molecule has 0 heterocycles. The maximum absolute atomic E-state index is 13.3. The maximum atomic E-state index is 13.3. The predicted octanol–water partition coefficient (Wildman–Crippen LogP) is 3.50. The summed E-state index contributed by atoms with van der Waals surface area (Å²) in [7, 11) is 0. The van der Waals surface area contributed by atoms with E-state index >= 15 is 0 Å². The van der Waals surface area contributed by atoms with Crippen molar-refractivity contribution in [2.45, 2.75) is 25.4 Å². The molecule has 1 fully saturated rings. The third-order valence-electron chi connectivity index (χ3n) is 3.89. The first-order valence-electron chi connectivity index (χ1n) is 7.30. The minimum Gasteiger partial charge on any atom is -0.482 e. The van der Waals surface area contributed by atoms with Gasteiger partial charge in [0.2, 0.25) is 5.91 Å². The van der Waals surface area contributed by atoms with E-state index in [1.54, 1.807) is 0 Å². The molecule has 24 heavy (non-hydrogen) atoms. The average Bonchev–Trinajstić information content (AvgIpc) is 2.94. The Morgan fingerprint density at radius 1 is 1.33 bits per heavy atom. The van der Waals surface area contributed by atoms with Gasteiger partial charge in [-0.3, -0.25) is 4.79 Å². The second-order valence-electron chi connectivity index (χ2n) is 5.57. The minimum absolute atomic E-state index is 0. The number of alkyl halides is 3. The first-order chi connectivity index (χ1) is 10.8. The van der Waals surface area contributed by atoms with E-state index in [0.717, 1.165) is 31.0 Å². The Kier molecular flexibility index (Phi) is 7.28. The average molecular weight is 371 g/mol. The summed E-state index contributed by atoms with van der Waals surface area (Å²) in [4.78, 5) is 12.3. The Hall–Kier alpha value is -1.54. The van der Waals surface area contributed by atoms with Gasteiger partial charge < -0.3 is 15.8 Å². The van der Waals surface area contributed by atoms with E-state index in [0.29, 0.717) is 13.0 Å². The van der Waals surface area contributed by atoms with Crippen LogP contribution in [0.1, 0.15) is 19.3 Å². The molecule has 2 rings (SSSR count). The monoisotopic (exact) mass is 370 g/mol. The fourth-order valence-corrected chi connectivity index (χ4v) is 2.77. The first kappa shape index (κ1) is 20.5. The second-order valence-corrected chi connectivity index (χ2v) is 5.57. The first-order valence-corrected chi connectivity index (χ1v) is 7.30. The van der Waals surface area contributed by atoms with Gasteiger partial charge in [0.05, 0.1) is 5.69 Å². The molecular formula is C15H19ClF4N2O2. The van der Waals surface area contributed by atoms with E-state index in [1.807, 2.05) is 0 Å². The molecule has 0 unspecified atom stereocenters. The van der Waals surface area contributed by atoms with Crippen molar-refractivity contribution in [2.24, 2.45) is 17.6 Å². The molecular weight excluding hydrogens is 352 g/mol. The number of rotatable bonds is 5. The highest BCUT2D eigenvalue weighted by Crippen LogP contribution is 2.34. The number of nitrogens with two attached hydrogens (primary N) is 1. The summed E-state index contributed by atoms with van der Waals surface area (Å²) in [5.41, 5.74) is 5.51. The van der Waals surface area contributed by atoms with E-state index in [-0.39, 0.29) is 41.6 Å². The second kappa shape index (κ2) is 8.53. The van der Waals surface area contributed by atoms with Crippen LogP contribution in [0, 0.1) is 17.7 Å². The number of hydrogen-bond acceptors (Lipinski definition) is 3. The van der Waals surface area contributed by atoms with Gasteiger partial charge in [0.15, 0.2) is 6.61 Å². The molecule has 1 aromatic carbocycles. The number of anilines is 1. The molecule has 0 radical (unpaired) electrons. The van der Waals surface area contributed by atoms with E-state index in [4.69, 9.17) is 5.73 Å². The van der Waals surface area contributed by atoms with E-state index in [2.05, 4.69) is 10.1 Å². The Bertz CT molecular complexity index is 569. The van der Waals surface area contributed by atoms with Crippen molar-refractivity contribution in [3.05, 3.63) is 24.0 Å². The Labute approximate surface area is 143 Å². The zero-order chi connectivity index (χ0) is 17.0. The Balaban J connectivity index is 0.00000288. The van der Waals surface area contributed by atoms with Crippen LogP contribution in [0.25, 0.3) is 0 Å². The molecule has 9 heteroatoms. The normalized spacial score (nSPS) is 20.4. The van der Waals surface area contributed by atoms with Gasteiger partial charge in [-0.15, -0.1) is 12.4 Å². The molecule has 1 aliphatic carbocycles. The molecule has 1 aromatic rings. The molecule has 0 aliphatic heterocycles. The molecule has 136 valence electrons. The van der Waals surface area contributed by atoms with Gasteiger partial charge in [-0.05, 0) is 37.4 Å². The number of nitrogens with one attached hydrogen (secondary N) is 1. The van der Waals surface area contributed by atoms with Crippen LogP contribution < -0.4 is 15.8 Å². The van der Waals surface area contributed by atoms with Crippen LogP contribution in [0.15, 0.2) is 18.2 Å². The number of carbonyl (C=O) groups is 1. The van der Waals surface area contributed by atoms with Crippen LogP contribution in [0.3, 0.4) is 0 Å². The van der Waals surface area contributed by atoms with Gasteiger partial charge in [0.1, 0.15) is 11.6 Å². The van der Waals surface area contributed by atoms with E-state index in [9.17, 15) is 22.4 Å². The summed E-state index contributed by atoms with van der Waals surface area (Å²) in [5.74, 6) is -1.57. The molecule has 1 aliphatic rings. The van der Waals surface area contributed by atoms with Gasteiger partial charge in [-0.25, -0.2) is 4.39 Å². The van der Waals surface area contributed by atoms with Crippen LogP contribution in [0.2, 0.25) is 0 Å². The highest BCUT2D eigenvalue weighted by molar-refractivity contribution is 5.94. The highest BCUT2D eigenvalue weighted by Gasteiger charge is 2.33. The Morgan fingerprint density at radius 3 is 2.67 bits per heavy atom. The molecule has 0 spiro atoms. The zero-order valence-corrected chi connectivity index (χ0v) is 13.6. The van der Waals surface area contributed by atoms with Crippen molar-refractivity contribution < 1.29 is 27.1 Å². The number of ether oxygens (including phenoxy) is 1. The topological polar surface area (TPSA) is 64.4 Å². The fourth-order valence-electron chi connectivity index (χ4n) is 2.77. The lowest BCUT2D eigenvalue weighted by molar-refractivity contribution is -0.153. The van der Waals surface area contributed by atoms with Crippen LogP contribution in [-0.2, 0) is 4.79 Å².